The minimum Gasteiger partial charge on any atom is -0.379 e. The molecular formula is C6H2O7. The summed E-state index contributed by atoms with van der Waals surface area (Å²) in [5.41, 5.74) is 0. The maximum absolute atomic E-state index is 10.7. The summed E-state index contributed by atoms with van der Waals surface area (Å²) in [7, 11) is 0. The van der Waals surface area contributed by atoms with Crippen LogP contribution >= 0.6 is 0 Å². The highest BCUT2D eigenvalue weighted by atomic mass is 17.1. The summed E-state index contributed by atoms with van der Waals surface area (Å²) in [6, 6.07) is 0. The lowest BCUT2D eigenvalue weighted by molar-refractivity contribution is -0.391. The lowest BCUT2D eigenvalue weighted by atomic mass is 10.6. The van der Waals surface area contributed by atoms with Crippen molar-refractivity contribution in [2.24, 2.45) is 0 Å². The minimum atomic E-state index is -2.37. The molecule has 0 aromatic carbocycles. The van der Waals surface area contributed by atoms with Gasteiger partial charge in [-0.1, -0.05) is 0 Å². The van der Waals surface area contributed by atoms with E-state index in [0.29, 0.717) is 0 Å². The fourth-order valence-electron chi connectivity index (χ4n) is 0.798. The van der Waals surface area contributed by atoms with Gasteiger partial charge in [0.1, 0.15) is 0 Å². The van der Waals surface area contributed by atoms with Crippen molar-refractivity contribution in [3.63, 3.8) is 0 Å². The predicted octanol–water partition coefficient (Wildman–Crippen LogP) is -1.22. The highest BCUT2D eigenvalue weighted by Crippen LogP contribution is 2.32. The van der Waals surface area contributed by atoms with E-state index in [4.69, 9.17) is 0 Å². The van der Waals surface area contributed by atoms with Gasteiger partial charge in [-0.15, -0.1) is 0 Å². The van der Waals surface area contributed by atoms with Crippen LogP contribution in [0.3, 0.4) is 0 Å². The first-order valence-electron chi connectivity index (χ1n) is 3.10. The molecule has 0 saturated carbocycles. The van der Waals surface area contributed by atoms with Crippen LogP contribution in [0.1, 0.15) is 0 Å². The van der Waals surface area contributed by atoms with Crippen molar-refractivity contribution in [1.29, 1.82) is 0 Å². The normalized spacial score (nSPS) is 24.0. The minimum absolute atomic E-state index is 0.400. The third kappa shape index (κ3) is 0.934. The Bertz CT molecular complexity index is 271. The summed E-state index contributed by atoms with van der Waals surface area (Å²) >= 11 is 0. The van der Waals surface area contributed by atoms with E-state index >= 15 is 0 Å². The third-order valence-corrected chi connectivity index (χ3v) is 1.30. The first-order valence-corrected chi connectivity index (χ1v) is 3.10. The van der Waals surface area contributed by atoms with Crippen molar-refractivity contribution in [3.8, 4) is 0 Å². The van der Waals surface area contributed by atoms with Crippen LogP contribution < -0.4 is 0 Å². The van der Waals surface area contributed by atoms with Crippen molar-refractivity contribution in [2.75, 3.05) is 0 Å². The zero-order chi connectivity index (χ0) is 9.64. The second-order valence-electron chi connectivity index (χ2n) is 2.19. The van der Waals surface area contributed by atoms with Gasteiger partial charge in [0.05, 0.1) is 0 Å². The van der Waals surface area contributed by atoms with Crippen LogP contribution in [0.5, 0.6) is 0 Å². The first-order chi connectivity index (χ1) is 6.02. The number of rotatable bonds is 0. The Morgan fingerprint density at radius 3 is 1.69 bits per heavy atom. The van der Waals surface area contributed by atoms with Gasteiger partial charge in [-0.3, -0.25) is 0 Å². The molecule has 0 radical (unpaired) electrons. The van der Waals surface area contributed by atoms with E-state index in [2.05, 4.69) is 25.5 Å². The van der Waals surface area contributed by atoms with Gasteiger partial charge in [0.25, 0.3) is 0 Å². The molecule has 2 rings (SSSR count). The molecule has 2 saturated heterocycles. The van der Waals surface area contributed by atoms with Crippen molar-refractivity contribution in [2.45, 2.75) is 6.16 Å². The van der Waals surface area contributed by atoms with Gasteiger partial charge in [0.15, 0.2) is 0 Å². The van der Waals surface area contributed by atoms with E-state index in [1.54, 1.807) is 0 Å². The van der Waals surface area contributed by atoms with Crippen molar-refractivity contribution in [1.82, 2.24) is 0 Å². The molecule has 2 aliphatic heterocycles. The van der Waals surface area contributed by atoms with Crippen LogP contribution in [0.25, 0.3) is 0 Å². The van der Waals surface area contributed by atoms with E-state index in [-0.39, 0.29) is 0 Å². The Labute approximate surface area is 70.8 Å². The molecule has 0 bridgehead atoms. The molecule has 2 fully saturated rings. The van der Waals surface area contributed by atoms with Crippen LogP contribution in [-0.4, -0.2) is 24.1 Å². The number of carbonyl (C=O) groups is 3. The summed E-state index contributed by atoms with van der Waals surface area (Å²) < 4.78 is 17.3. The molecule has 2 heterocycles. The van der Waals surface area contributed by atoms with E-state index in [9.17, 15) is 14.4 Å². The molecule has 13 heavy (non-hydrogen) atoms. The van der Waals surface area contributed by atoms with Gasteiger partial charge < -0.3 is 18.9 Å². The van der Waals surface area contributed by atoms with Crippen molar-refractivity contribution in [3.05, 3.63) is 12.3 Å². The Balaban J connectivity index is 2.27. The SMILES string of the molecule is C=C1OC2(OC1=O)OC(=O)C(=O)O2. The average Bonchev–Trinajstić information content (AvgIpc) is 2.39. The maximum Gasteiger partial charge on any atom is 0.618 e. The third-order valence-electron chi connectivity index (χ3n) is 1.30. The fraction of sp³-hybridized carbons (Fsp3) is 0.167. The quantitative estimate of drug-likeness (QED) is 0.266. The monoisotopic (exact) mass is 186 g/mol. The first kappa shape index (κ1) is 7.59. The van der Waals surface area contributed by atoms with Gasteiger partial charge in [-0.2, -0.15) is 0 Å². The van der Waals surface area contributed by atoms with Crippen LogP contribution in [-0.2, 0) is 33.3 Å². The Kier molecular flexibility index (Phi) is 1.17. The van der Waals surface area contributed by atoms with E-state index in [0.717, 1.165) is 0 Å². The number of hydrogen-bond donors (Lipinski definition) is 0. The molecule has 68 valence electrons. The van der Waals surface area contributed by atoms with Crippen LogP contribution in [0.4, 0.5) is 0 Å². The summed E-state index contributed by atoms with van der Waals surface area (Å²) in [4.78, 5) is 31.8. The largest absolute Gasteiger partial charge is 0.618 e. The number of carbonyl (C=O) groups excluding carboxylic acids is 3. The second-order valence-corrected chi connectivity index (χ2v) is 2.19. The number of esters is 3. The Morgan fingerprint density at radius 1 is 0.846 bits per heavy atom. The van der Waals surface area contributed by atoms with E-state index in [1.165, 1.54) is 0 Å². The molecule has 1 spiro atoms. The number of hydrogen-bond acceptors (Lipinski definition) is 7. The highest BCUT2D eigenvalue weighted by molar-refractivity contribution is 6.31. The highest BCUT2D eigenvalue weighted by Gasteiger charge is 2.61. The van der Waals surface area contributed by atoms with Crippen LogP contribution in [0.2, 0.25) is 0 Å². The van der Waals surface area contributed by atoms with Gasteiger partial charge in [-0.25, -0.2) is 14.4 Å². The van der Waals surface area contributed by atoms with E-state index in [1.807, 2.05) is 0 Å². The zero-order valence-electron chi connectivity index (χ0n) is 6.06. The second kappa shape index (κ2) is 2.00. The molecule has 0 atom stereocenters. The lowest BCUT2D eigenvalue weighted by Gasteiger charge is -2.12. The summed E-state index contributed by atoms with van der Waals surface area (Å²) in [5.74, 6) is -3.94. The summed E-state index contributed by atoms with van der Waals surface area (Å²) in [6.07, 6.45) is -2.37. The maximum atomic E-state index is 10.7. The van der Waals surface area contributed by atoms with Crippen molar-refractivity contribution < 1.29 is 33.3 Å². The molecule has 0 aliphatic carbocycles. The molecule has 0 unspecified atom stereocenters. The lowest BCUT2D eigenvalue weighted by Crippen LogP contribution is -2.31. The smallest absolute Gasteiger partial charge is 0.379 e. The topological polar surface area (TPSA) is 88.1 Å². The Hall–Kier alpha value is -2.05. The van der Waals surface area contributed by atoms with Gasteiger partial charge in [0.2, 0.25) is 5.76 Å². The van der Waals surface area contributed by atoms with Crippen LogP contribution in [0.15, 0.2) is 12.3 Å². The number of ether oxygens (including phenoxy) is 4. The van der Waals surface area contributed by atoms with E-state index < -0.39 is 29.8 Å². The average molecular weight is 186 g/mol. The fourth-order valence-corrected chi connectivity index (χ4v) is 0.798. The molecule has 2 aliphatic rings. The molecule has 0 aromatic heterocycles. The standard InChI is InChI=1S/C6H2O7/c1-2-3(7)11-6(10-2)12-4(8)5(9)13-6/h1H2. The van der Waals surface area contributed by atoms with Gasteiger partial charge >= 0.3 is 24.1 Å². The van der Waals surface area contributed by atoms with Gasteiger partial charge in [-0.05, 0) is 6.58 Å². The summed E-state index contributed by atoms with van der Waals surface area (Å²) in [5, 5.41) is 0. The summed E-state index contributed by atoms with van der Waals surface area (Å²) in [6.45, 7) is 3.12. The molecule has 0 amide bonds. The molecule has 7 heteroatoms. The van der Waals surface area contributed by atoms with Crippen LogP contribution in [0, 0.1) is 0 Å². The van der Waals surface area contributed by atoms with Crippen molar-refractivity contribution >= 4 is 17.9 Å². The molecule has 0 aromatic rings. The molecule has 7 nitrogen and oxygen atoms in total. The zero-order valence-corrected chi connectivity index (χ0v) is 6.06. The molecular weight excluding hydrogens is 184 g/mol. The molecule has 0 N–H and O–H groups in total. The predicted molar refractivity (Wildman–Crippen MR) is 31.2 cm³/mol. The van der Waals surface area contributed by atoms with Gasteiger partial charge in [0, 0.05) is 0 Å². The Morgan fingerprint density at radius 2 is 1.31 bits per heavy atom.